The van der Waals surface area contributed by atoms with Gasteiger partial charge in [-0.1, -0.05) is 36.9 Å². The molecular weight excluding hydrogens is 386 g/mol. The van der Waals surface area contributed by atoms with Crippen LogP contribution < -0.4 is 5.32 Å². The molecule has 1 N–H and O–H groups in total. The molecule has 6 rings (SSSR count). The van der Waals surface area contributed by atoms with Crippen molar-refractivity contribution in [2.24, 2.45) is 29.6 Å². The van der Waals surface area contributed by atoms with E-state index in [0.29, 0.717) is 17.8 Å². The minimum atomic E-state index is -0.0291. The summed E-state index contributed by atoms with van der Waals surface area (Å²) in [6, 6.07) is 9.94. The SMILES string of the molecule is C=C1C2C3C=CC(C3)C2C(=O)N1C1CCC(C(=O)Nc2cccc3cccnc23)CC1. The van der Waals surface area contributed by atoms with Gasteiger partial charge in [-0.05, 0) is 56.1 Å². The van der Waals surface area contributed by atoms with Crippen LogP contribution in [-0.2, 0) is 9.59 Å². The van der Waals surface area contributed by atoms with Gasteiger partial charge in [0, 0.05) is 35.2 Å². The second-order valence-corrected chi connectivity index (χ2v) is 9.57. The second-order valence-electron chi connectivity index (χ2n) is 9.57. The number of nitrogens with one attached hydrogen (secondary N) is 1. The monoisotopic (exact) mass is 413 g/mol. The lowest BCUT2D eigenvalue weighted by Crippen LogP contribution is -2.41. The van der Waals surface area contributed by atoms with Gasteiger partial charge in [-0.25, -0.2) is 0 Å². The standard InChI is InChI=1S/C26H27N3O2/c1-15-22-18-7-8-19(14-18)23(22)26(31)29(15)20-11-9-17(10-12-20)25(30)28-21-6-2-4-16-5-3-13-27-24(16)21/h2-8,13,17-20,22-23H,1,9-12,14H2,(H,28,30). The van der Waals surface area contributed by atoms with Crippen molar-refractivity contribution in [2.75, 3.05) is 5.32 Å². The molecule has 1 aliphatic heterocycles. The fraction of sp³-hybridized carbons (Fsp3) is 0.423. The van der Waals surface area contributed by atoms with Gasteiger partial charge in [0.1, 0.15) is 0 Å². The van der Waals surface area contributed by atoms with Crippen molar-refractivity contribution < 1.29 is 9.59 Å². The maximum absolute atomic E-state index is 13.2. The Balaban J connectivity index is 1.12. The molecule has 0 radical (unpaired) electrons. The molecule has 5 heteroatoms. The quantitative estimate of drug-likeness (QED) is 0.752. The zero-order chi connectivity index (χ0) is 21.1. The van der Waals surface area contributed by atoms with E-state index in [-0.39, 0.29) is 29.7 Å². The second kappa shape index (κ2) is 7.04. The van der Waals surface area contributed by atoms with Crippen molar-refractivity contribution in [3.63, 3.8) is 0 Å². The molecular formula is C26H27N3O2. The molecule has 1 aromatic heterocycles. The van der Waals surface area contributed by atoms with Gasteiger partial charge in [-0.15, -0.1) is 0 Å². The Morgan fingerprint density at radius 2 is 1.77 bits per heavy atom. The fourth-order valence-electron chi connectivity index (χ4n) is 6.53. The number of fused-ring (bicyclic) bond motifs is 6. The van der Waals surface area contributed by atoms with Gasteiger partial charge >= 0.3 is 0 Å². The number of carbonyl (C=O) groups excluding carboxylic acids is 2. The summed E-state index contributed by atoms with van der Waals surface area (Å²) >= 11 is 0. The number of likely N-dealkylation sites (tertiary alicyclic amines) is 1. The molecule has 2 heterocycles. The van der Waals surface area contributed by atoms with E-state index in [9.17, 15) is 9.59 Å². The molecule has 158 valence electrons. The van der Waals surface area contributed by atoms with E-state index in [0.717, 1.165) is 54.4 Å². The van der Waals surface area contributed by atoms with Gasteiger partial charge in [-0.2, -0.15) is 0 Å². The van der Waals surface area contributed by atoms with E-state index in [4.69, 9.17) is 0 Å². The van der Waals surface area contributed by atoms with Crippen molar-refractivity contribution in [1.29, 1.82) is 0 Å². The summed E-state index contributed by atoms with van der Waals surface area (Å²) in [7, 11) is 0. The number of benzene rings is 1. The highest BCUT2D eigenvalue weighted by molar-refractivity contribution is 6.01. The number of nitrogens with zero attached hydrogens (tertiary/aromatic N) is 2. The zero-order valence-electron chi connectivity index (χ0n) is 17.5. The van der Waals surface area contributed by atoms with E-state index in [1.54, 1.807) is 6.20 Å². The molecule has 2 aromatic rings. The summed E-state index contributed by atoms with van der Waals surface area (Å²) in [4.78, 5) is 32.6. The Hall–Kier alpha value is -2.95. The maximum Gasteiger partial charge on any atom is 0.231 e. The van der Waals surface area contributed by atoms with Gasteiger partial charge < -0.3 is 10.2 Å². The summed E-state index contributed by atoms with van der Waals surface area (Å²) in [5.74, 6) is 1.63. The molecule has 5 nitrogen and oxygen atoms in total. The number of amides is 2. The Morgan fingerprint density at radius 3 is 2.55 bits per heavy atom. The van der Waals surface area contributed by atoms with Gasteiger partial charge in [0.25, 0.3) is 0 Å². The summed E-state index contributed by atoms with van der Waals surface area (Å²) in [6.45, 7) is 4.35. The molecule has 0 spiro atoms. The molecule has 4 atom stereocenters. The molecule has 2 bridgehead atoms. The third-order valence-corrected chi connectivity index (χ3v) is 8.00. The summed E-state index contributed by atoms with van der Waals surface area (Å²) in [6.07, 6.45) is 10.7. The number of hydrogen-bond donors (Lipinski definition) is 1. The summed E-state index contributed by atoms with van der Waals surface area (Å²) in [5.41, 5.74) is 2.62. The van der Waals surface area contributed by atoms with Crippen LogP contribution in [0.1, 0.15) is 32.1 Å². The highest BCUT2D eigenvalue weighted by Crippen LogP contribution is 2.56. The smallest absolute Gasteiger partial charge is 0.231 e. The predicted octanol–water partition coefficient (Wildman–Crippen LogP) is 4.53. The van der Waals surface area contributed by atoms with Crippen molar-refractivity contribution in [3.8, 4) is 0 Å². The first-order valence-corrected chi connectivity index (χ1v) is 11.5. The Morgan fingerprint density at radius 1 is 1.03 bits per heavy atom. The molecule has 4 aliphatic rings. The van der Waals surface area contributed by atoms with Gasteiger partial charge in [0.05, 0.1) is 17.1 Å². The van der Waals surface area contributed by atoms with Crippen molar-refractivity contribution in [1.82, 2.24) is 9.88 Å². The van der Waals surface area contributed by atoms with Crippen LogP contribution in [0.4, 0.5) is 5.69 Å². The van der Waals surface area contributed by atoms with Gasteiger partial charge in [0.15, 0.2) is 0 Å². The third-order valence-electron chi connectivity index (χ3n) is 8.00. The van der Waals surface area contributed by atoms with Crippen LogP contribution in [0.25, 0.3) is 10.9 Å². The number of aromatic nitrogens is 1. The maximum atomic E-state index is 13.2. The molecule has 4 unspecified atom stereocenters. The first kappa shape index (κ1) is 18.8. The molecule has 3 fully saturated rings. The molecule has 2 amide bonds. The van der Waals surface area contributed by atoms with Crippen LogP contribution in [0.15, 0.2) is 61.0 Å². The third kappa shape index (κ3) is 2.86. The molecule has 31 heavy (non-hydrogen) atoms. The number of rotatable bonds is 3. The number of hydrogen-bond acceptors (Lipinski definition) is 3. The summed E-state index contributed by atoms with van der Waals surface area (Å²) < 4.78 is 0. The lowest BCUT2D eigenvalue weighted by molar-refractivity contribution is -0.133. The highest BCUT2D eigenvalue weighted by Gasteiger charge is 2.57. The molecule has 1 aromatic carbocycles. The Kier molecular flexibility index (Phi) is 4.27. The van der Waals surface area contributed by atoms with Crippen molar-refractivity contribution in [2.45, 2.75) is 38.1 Å². The molecule has 2 saturated carbocycles. The van der Waals surface area contributed by atoms with E-state index in [1.165, 1.54) is 0 Å². The number of pyridine rings is 1. The lowest BCUT2D eigenvalue weighted by Gasteiger charge is -2.35. The highest BCUT2D eigenvalue weighted by atomic mass is 16.2. The number of anilines is 1. The fourth-order valence-corrected chi connectivity index (χ4v) is 6.53. The Bertz CT molecular complexity index is 1080. The van der Waals surface area contributed by atoms with Crippen molar-refractivity contribution in [3.05, 3.63) is 61.0 Å². The zero-order valence-corrected chi connectivity index (χ0v) is 17.5. The minimum Gasteiger partial charge on any atom is -0.324 e. The van der Waals surface area contributed by atoms with E-state index >= 15 is 0 Å². The van der Waals surface area contributed by atoms with Crippen LogP contribution >= 0.6 is 0 Å². The van der Waals surface area contributed by atoms with E-state index < -0.39 is 0 Å². The van der Waals surface area contributed by atoms with Crippen LogP contribution in [0.3, 0.4) is 0 Å². The Labute approximate surface area is 182 Å². The van der Waals surface area contributed by atoms with Crippen molar-refractivity contribution >= 4 is 28.4 Å². The van der Waals surface area contributed by atoms with Crippen LogP contribution in [0.2, 0.25) is 0 Å². The van der Waals surface area contributed by atoms with E-state index in [2.05, 4.69) is 29.0 Å². The van der Waals surface area contributed by atoms with Crippen LogP contribution in [0.5, 0.6) is 0 Å². The average Bonchev–Trinajstić information content (AvgIpc) is 3.48. The van der Waals surface area contributed by atoms with Gasteiger partial charge in [0.2, 0.25) is 11.8 Å². The van der Waals surface area contributed by atoms with E-state index in [1.807, 2.05) is 35.2 Å². The number of allylic oxidation sites excluding steroid dienone is 3. The largest absolute Gasteiger partial charge is 0.324 e. The lowest BCUT2D eigenvalue weighted by atomic mass is 9.84. The van der Waals surface area contributed by atoms with Crippen LogP contribution in [0, 0.1) is 29.6 Å². The normalized spacial score (nSPS) is 33.9. The summed E-state index contributed by atoms with van der Waals surface area (Å²) in [5, 5.41) is 4.12. The topological polar surface area (TPSA) is 62.3 Å². The number of carbonyl (C=O) groups is 2. The van der Waals surface area contributed by atoms with Gasteiger partial charge in [-0.3, -0.25) is 14.6 Å². The minimum absolute atomic E-state index is 0.0291. The first-order chi connectivity index (χ1) is 15.1. The molecule has 1 saturated heterocycles. The average molecular weight is 414 g/mol. The number of para-hydroxylation sites is 1. The van der Waals surface area contributed by atoms with Crippen LogP contribution in [-0.4, -0.2) is 27.7 Å². The first-order valence-electron chi connectivity index (χ1n) is 11.5. The predicted molar refractivity (Wildman–Crippen MR) is 120 cm³/mol. The molecule has 3 aliphatic carbocycles.